The van der Waals surface area contributed by atoms with Gasteiger partial charge in [-0.2, -0.15) is 5.10 Å². The molecule has 12 nitrogen and oxygen atoms in total. The summed E-state index contributed by atoms with van der Waals surface area (Å²) in [4.78, 5) is 22.6. The Bertz CT molecular complexity index is 1630. The number of nitrogens with two attached hydrogens (primary N) is 1. The van der Waals surface area contributed by atoms with Crippen LogP contribution >= 0.6 is 12.4 Å². The number of anilines is 3. The van der Waals surface area contributed by atoms with Crippen molar-refractivity contribution in [3.05, 3.63) is 70.9 Å². The van der Waals surface area contributed by atoms with Crippen LogP contribution in [-0.4, -0.2) is 64.1 Å². The molecule has 14 heteroatoms. The van der Waals surface area contributed by atoms with Gasteiger partial charge in [0.1, 0.15) is 23.2 Å². The van der Waals surface area contributed by atoms with E-state index in [0.717, 1.165) is 62.3 Å². The van der Waals surface area contributed by atoms with Crippen LogP contribution in [0.5, 0.6) is 5.75 Å². The number of nitro groups is 1. The molecule has 0 unspecified atom stereocenters. The van der Waals surface area contributed by atoms with Crippen LogP contribution < -0.4 is 20.7 Å². The van der Waals surface area contributed by atoms with Crippen molar-refractivity contribution in [2.45, 2.75) is 37.8 Å². The van der Waals surface area contributed by atoms with E-state index in [0.29, 0.717) is 18.4 Å². The third-order valence-electron chi connectivity index (χ3n) is 7.92. The van der Waals surface area contributed by atoms with E-state index in [-0.39, 0.29) is 47.0 Å². The summed E-state index contributed by atoms with van der Waals surface area (Å²) in [6.07, 6.45) is 9.45. The van der Waals surface area contributed by atoms with Crippen LogP contribution in [0.2, 0.25) is 0 Å². The number of nitrogens with zero attached hydrogens (tertiary/aromatic N) is 6. The average Bonchev–Trinajstić information content (AvgIpc) is 3.51. The van der Waals surface area contributed by atoms with Crippen LogP contribution in [0.1, 0.15) is 31.7 Å². The predicted molar refractivity (Wildman–Crippen MR) is 167 cm³/mol. The Morgan fingerprint density at radius 3 is 2.73 bits per heavy atom. The molecule has 2 aliphatic heterocycles. The summed E-state index contributed by atoms with van der Waals surface area (Å²) < 4.78 is 27.8. The van der Waals surface area contributed by atoms with Gasteiger partial charge in [0.25, 0.3) is 5.69 Å². The van der Waals surface area contributed by atoms with Crippen molar-refractivity contribution >= 4 is 35.4 Å². The lowest BCUT2D eigenvalue weighted by Gasteiger charge is -2.34. The number of hydrogen-bond donors (Lipinski definition) is 2. The lowest BCUT2D eigenvalue weighted by Crippen LogP contribution is -2.43. The lowest BCUT2D eigenvalue weighted by molar-refractivity contribution is -0.384. The van der Waals surface area contributed by atoms with Crippen LogP contribution in [-0.2, 0) is 4.74 Å². The highest BCUT2D eigenvalue weighted by Gasteiger charge is 2.26. The second kappa shape index (κ2) is 13.5. The normalized spacial score (nSPS) is 17.2. The standard InChI is InChI=1S/C30H33FN8O4.ClH/c1-42-26-6-2-5-23(31)29(26)30-24(39(40)41)7-8-27(36-30)35-28-14-25(37-11-3-4-20(32)18-37)22(16-33-28)19-15-34-38(17-19)21-9-12-43-13-10-21;/h2,5-8,14-17,20-21H,3-4,9-13,18,32H2,1H3,(H,33,35,36);1H/t20-;/m0./s1. The van der Waals surface area contributed by atoms with E-state index in [1.54, 1.807) is 6.20 Å². The van der Waals surface area contributed by atoms with E-state index in [4.69, 9.17) is 15.2 Å². The number of pyridine rings is 2. The highest BCUT2D eigenvalue weighted by atomic mass is 35.5. The third-order valence-corrected chi connectivity index (χ3v) is 7.92. The Hall–Kier alpha value is -4.33. The number of methoxy groups -OCH3 is 1. The molecule has 0 radical (unpaired) electrons. The zero-order chi connectivity index (χ0) is 29.9. The molecule has 6 rings (SSSR count). The number of piperidine rings is 1. The van der Waals surface area contributed by atoms with E-state index < -0.39 is 10.7 Å². The summed E-state index contributed by atoms with van der Waals surface area (Å²) in [6, 6.07) is 9.24. The van der Waals surface area contributed by atoms with Gasteiger partial charge in [0, 0.05) is 73.7 Å². The smallest absolute Gasteiger partial charge is 0.295 e. The zero-order valence-corrected chi connectivity index (χ0v) is 25.0. The molecule has 3 N–H and O–H groups in total. The Balaban J connectivity index is 0.00000384. The minimum atomic E-state index is -0.681. The van der Waals surface area contributed by atoms with E-state index >= 15 is 0 Å². The Kier molecular flexibility index (Phi) is 9.57. The maximum Gasteiger partial charge on any atom is 0.295 e. The molecule has 2 fully saturated rings. The van der Waals surface area contributed by atoms with Crippen molar-refractivity contribution in [2.24, 2.45) is 5.73 Å². The molecule has 4 aromatic rings. The second-order valence-electron chi connectivity index (χ2n) is 10.8. The van der Waals surface area contributed by atoms with Crippen LogP contribution in [0.4, 0.5) is 27.4 Å². The Morgan fingerprint density at radius 2 is 1.98 bits per heavy atom. The van der Waals surface area contributed by atoms with E-state index in [1.807, 2.05) is 16.9 Å². The molecule has 44 heavy (non-hydrogen) atoms. The number of benzene rings is 1. The SMILES string of the molecule is COc1cccc(F)c1-c1nc(Nc2cc(N3CCC[C@H](N)C3)c(-c3cnn(C4CCOCC4)c3)cn2)ccc1[N+](=O)[O-].Cl. The fourth-order valence-corrected chi connectivity index (χ4v) is 5.74. The van der Waals surface area contributed by atoms with Crippen LogP contribution in [0.25, 0.3) is 22.4 Å². The topological polar surface area (TPSA) is 146 Å². The molecule has 232 valence electrons. The highest BCUT2D eigenvalue weighted by molar-refractivity contribution is 5.85. The van der Waals surface area contributed by atoms with Crippen LogP contribution in [0.3, 0.4) is 0 Å². The average molecular weight is 625 g/mol. The predicted octanol–water partition coefficient (Wildman–Crippen LogP) is 5.51. The van der Waals surface area contributed by atoms with Crippen molar-refractivity contribution < 1.29 is 18.8 Å². The highest BCUT2D eigenvalue weighted by Crippen LogP contribution is 2.39. The number of hydrogen-bond acceptors (Lipinski definition) is 10. The van der Waals surface area contributed by atoms with Gasteiger partial charge >= 0.3 is 0 Å². The first-order valence-electron chi connectivity index (χ1n) is 14.3. The van der Waals surface area contributed by atoms with Gasteiger partial charge in [-0.3, -0.25) is 14.8 Å². The van der Waals surface area contributed by atoms with Gasteiger partial charge in [0.2, 0.25) is 0 Å². The van der Waals surface area contributed by atoms with E-state index in [2.05, 4.69) is 31.5 Å². The zero-order valence-electron chi connectivity index (χ0n) is 24.2. The number of rotatable bonds is 8. The summed E-state index contributed by atoms with van der Waals surface area (Å²) in [6.45, 7) is 2.98. The van der Waals surface area contributed by atoms with Gasteiger partial charge < -0.3 is 25.4 Å². The number of nitrogens with one attached hydrogen (secondary N) is 1. The van der Waals surface area contributed by atoms with Crippen molar-refractivity contribution in [1.82, 2.24) is 19.7 Å². The number of aromatic nitrogens is 4. The summed E-state index contributed by atoms with van der Waals surface area (Å²) in [5.41, 5.74) is 8.58. The molecule has 2 saturated heterocycles. The Labute approximate surface area is 260 Å². The maximum absolute atomic E-state index is 14.9. The van der Waals surface area contributed by atoms with E-state index in [9.17, 15) is 14.5 Å². The molecule has 1 atom stereocenters. The van der Waals surface area contributed by atoms with Crippen molar-refractivity contribution in [3.8, 4) is 28.1 Å². The molecular formula is C30H34ClFN8O4. The largest absolute Gasteiger partial charge is 0.496 e. The monoisotopic (exact) mass is 624 g/mol. The van der Waals surface area contributed by atoms with E-state index in [1.165, 1.54) is 37.4 Å². The van der Waals surface area contributed by atoms with Gasteiger partial charge in [-0.25, -0.2) is 14.4 Å². The lowest BCUT2D eigenvalue weighted by atomic mass is 10.0. The second-order valence-corrected chi connectivity index (χ2v) is 10.8. The molecule has 0 saturated carbocycles. The number of halogens is 2. The molecule has 0 aliphatic carbocycles. The van der Waals surface area contributed by atoms with Crippen LogP contribution in [0, 0.1) is 15.9 Å². The van der Waals surface area contributed by atoms with Crippen molar-refractivity contribution in [3.63, 3.8) is 0 Å². The first kappa shape index (κ1) is 31.1. The molecule has 0 bridgehead atoms. The molecule has 0 spiro atoms. The molecule has 1 aromatic carbocycles. The minimum Gasteiger partial charge on any atom is -0.496 e. The molecule has 5 heterocycles. The maximum atomic E-state index is 14.9. The van der Waals surface area contributed by atoms with Crippen molar-refractivity contribution in [2.75, 3.05) is 43.6 Å². The Morgan fingerprint density at radius 1 is 1.16 bits per heavy atom. The van der Waals surface area contributed by atoms with Gasteiger partial charge in [0.15, 0.2) is 5.69 Å². The summed E-state index contributed by atoms with van der Waals surface area (Å²) in [7, 11) is 1.37. The fraction of sp³-hybridized carbons (Fsp3) is 0.367. The quantitative estimate of drug-likeness (QED) is 0.190. The molecule has 2 aliphatic rings. The summed E-state index contributed by atoms with van der Waals surface area (Å²) in [5.74, 6) is 0.196. The summed E-state index contributed by atoms with van der Waals surface area (Å²) in [5, 5.41) is 19.7. The fourth-order valence-electron chi connectivity index (χ4n) is 5.74. The molecule has 3 aromatic heterocycles. The van der Waals surface area contributed by atoms with Crippen molar-refractivity contribution in [1.29, 1.82) is 0 Å². The van der Waals surface area contributed by atoms with Gasteiger partial charge in [-0.15, -0.1) is 12.4 Å². The summed E-state index contributed by atoms with van der Waals surface area (Å²) >= 11 is 0. The molecular weight excluding hydrogens is 591 g/mol. The van der Waals surface area contributed by atoms with Gasteiger partial charge in [-0.1, -0.05) is 6.07 Å². The molecule has 0 amide bonds. The third kappa shape index (κ3) is 6.44. The van der Waals surface area contributed by atoms with Gasteiger partial charge in [0.05, 0.1) is 29.8 Å². The van der Waals surface area contributed by atoms with Gasteiger partial charge in [-0.05, 0) is 43.9 Å². The minimum absolute atomic E-state index is 0. The first-order chi connectivity index (χ1) is 20.9. The number of ether oxygens (including phenoxy) is 2. The first-order valence-corrected chi connectivity index (χ1v) is 14.3. The van der Waals surface area contributed by atoms with Crippen LogP contribution in [0.15, 0.2) is 55.0 Å².